The first-order valence-corrected chi connectivity index (χ1v) is 11.3. The molecule has 0 amide bonds. The molecule has 0 saturated heterocycles. The predicted octanol–water partition coefficient (Wildman–Crippen LogP) is 3.40. The van der Waals surface area contributed by atoms with E-state index in [1.807, 2.05) is 0 Å². The van der Waals surface area contributed by atoms with Crippen molar-refractivity contribution in [3.63, 3.8) is 0 Å². The number of hydrogen-bond acceptors (Lipinski definition) is 5. The molecule has 0 radical (unpaired) electrons. The van der Waals surface area contributed by atoms with Gasteiger partial charge in [0.15, 0.2) is 0 Å². The van der Waals surface area contributed by atoms with Crippen LogP contribution in [0.3, 0.4) is 0 Å². The summed E-state index contributed by atoms with van der Waals surface area (Å²) in [5.41, 5.74) is -2.00. The van der Waals surface area contributed by atoms with Crippen LogP contribution in [0.1, 0.15) is 64.2 Å². The number of allylic oxidation sites excluding steroid dienone is 1. The Kier molecular flexibility index (Phi) is 8.27. The summed E-state index contributed by atoms with van der Waals surface area (Å²) < 4.78 is 22.6. The number of carbonyl (C=O) groups excluding carboxylic acids is 2. The Morgan fingerprint density at radius 1 is 0.926 bits per heavy atom. The van der Waals surface area contributed by atoms with Crippen LogP contribution in [0.15, 0.2) is 24.3 Å². The van der Waals surface area contributed by atoms with Crippen LogP contribution in [0, 0.1) is 0 Å². The number of ether oxygens (including phenoxy) is 2. The molecule has 2 N–H and O–H groups in total. The van der Waals surface area contributed by atoms with Gasteiger partial charge in [-0.3, -0.25) is 4.57 Å². The zero-order chi connectivity index (χ0) is 19.9. The van der Waals surface area contributed by atoms with E-state index in [1.54, 1.807) is 0 Å². The van der Waals surface area contributed by atoms with Gasteiger partial charge in [-0.05, 0) is 51.4 Å². The highest BCUT2D eigenvalue weighted by atomic mass is 31.2. The lowest BCUT2D eigenvalue weighted by molar-refractivity contribution is -0.148. The van der Waals surface area contributed by atoms with Gasteiger partial charge in [-0.2, -0.15) is 0 Å². The van der Waals surface area contributed by atoms with Gasteiger partial charge in [0.1, 0.15) is 17.9 Å². The minimum Gasteiger partial charge on any atom is -0.459 e. The summed E-state index contributed by atoms with van der Waals surface area (Å²) in [5.74, 6) is -1.67. The van der Waals surface area contributed by atoms with Crippen molar-refractivity contribution >= 4 is 19.5 Å². The molecule has 8 heteroatoms. The van der Waals surface area contributed by atoms with E-state index >= 15 is 0 Å². The second-order valence-corrected chi connectivity index (χ2v) is 8.97. The molecule has 0 aliphatic heterocycles. The fourth-order valence-corrected chi connectivity index (χ4v) is 4.44. The fourth-order valence-electron chi connectivity index (χ4n) is 3.62. The molecule has 2 saturated carbocycles. The third kappa shape index (κ3) is 6.91. The quantitative estimate of drug-likeness (QED) is 0.292. The lowest BCUT2D eigenvalue weighted by Crippen LogP contribution is -2.27. The van der Waals surface area contributed by atoms with E-state index in [2.05, 4.69) is 6.58 Å². The van der Waals surface area contributed by atoms with E-state index in [1.165, 1.54) is 0 Å². The monoisotopic (exact) mass is 400 g/mol. The van der Waals surface area contributed by atoms with Gasteiger partial charge in [0.25, 0.3) is 0 Å². The van der Waals surface area contributed by atoms with Gasteiger partial charge in [0.05, 0.1) is 5.57 Å². The van der Waals surface area contributed by atoms with E-state index in [0.29, 0.717) is 12.8 Å². The van der Waals surface area contributed by atoms with Crippen molar-refractivity contribution in [2.45, 2.75) is 82.1 Å². The van der Waals surface area contributed by atoms with Gasteiger partial charge < -0.3 is 19.3 Å². The zero-order valence-corrected chi connectivity index (χ0v) is 16.4. The standard InChI is InChI=1S/C19H29O7P/c1-2-17(27(22,23)24)16(19(21)26-15-11-7-4-8-12-15)13-18(20)25-14-9-5-3-6-10-14/h2,13-15,17H,1,3-12H2,(H2,22,23,24)/b16-13-. The van der Waals surface area contributed by atoms with Crippen LogP contribution in [0.4, 0.5) is 0 Å². The second kappa shape index (κ2) is 10.2. The molecule has 0 spiro atoms. The molecule has 7 nitrogen and oxygen atoms in total. The van der Waals surface area contributed by atoms with Gasteiger partial charge in [-0.25, -0.2) is 9.59 Å². The number of rotatable bonds is 7. The molecule has 0 aromatic rings. The maximum absolute atomic E-state index is 12.6. The third-order valence-corrected chi connectivity index (χ3v) is 6.29. The average Bonchev–Trinajstić information content (AvgIpc) is 2.62. The van der Waals surface area contributed by atoms with Gasteiger partial charge in [-0.15, -0.1) is 6.58 Å². The number of esters is 2. The fraction of sp³-hybridized carbons (Fsp3) is 0.684. The van der Waals surface area contributed by atoms with Crippen molar-refractivity contribution in [1.29, 1.82) is 0 Å². The van der Waals surface area contributed by atoms with Gasteiger partial charge in [-0.1, -0.05) is 18.9 Å². The highest BCUT2D eigenvalue weighted by Crippen LogP contribution is 2.46. The zero-order valence-electron chi connectivity index (χ0n) is 15.5. The summed E-state index contributed by atoms with van der Waals surface area (Å²) in [6, 6.07) is 0. The SMILES string of the molecule is C=CC(/C(=C/C(=O)OC1CCCCC1)C(=O)OC1CCCCC1)P(=O)(O)O. The van der Waals surface area contributed by atoms with E-state index in [-0.39, 0.29) is 12.2 Å². The molecule has 2 rings (SSSR count). The van der Waals surface area contributed by atoms with E-state index in [4.69, 9.17) is 9.47 Å². The molecule has 1 atom stereocenters. The number of carbonyl (C=O) groups is 2. The molecule has 0 heterocycles. The Balaban J connectivity index is 2.16. The molecule has 27 heavy (non-hydrogen) atoms. The molecular weight excluding hydrogens is 371 g/mol. The molecule has 0 aromatic heterocycles. The van der Waals surface area contributed by atoms with Gasteiger partial charge in [0.2, 0.25) is 0 Å². The van der Waals surface area contributed by atoms with Crippen LogP contribution in [0.5, 0.6) is 0 Å². The Morgan fingerprint density at radius 2 is 1.41 bits per heavy atom. The maximum Gasteiger partial charge on any atom is 0.336 e. The van der Waals surface area contributed by atoms with Crippen molar-refractivity contribution in [3.05, 3.63) is 24.3 Å². The molecule has 1 unspecified atom stereocenters. The predicted molar refractivity (Wildman–Crippen MR) is 100 cm³/mol. The summed E-state index contributed by atoms with van der Waals surface area (Å²) in [4.78, 5) is 44.0. The van der Waals surface area contributed by atoms with Crippen LogP contribution in [-0.4, -0.2) is 39.6 Å². The van der Waals surface area contributed by atoms with E-state index in [9.17, 15) is 23.9 Å². The van der Waals surface area contributed by atoms with Crippen molar-refractivity contribution in [1.82, 2.24) is 0 Å². The lowest BCUT2D eigenvalue weighted by Gasteiger charge is -2.25. The topological polar surface area (TPSA) is 110 Å². The first-order chi connectivity index (χ1) is 12.8. The van der Waals surface area contributed by atoms with Crippen molar-refractivity contribution < 1.29 is 33.4 Å². The first kappa shape index (κ1) is 21.9. The molecule has 2 aliphatic rings. The summed E-state index contributed by atoms with van der Waals surface area (Å²) in [7, 11) is -4.73. The highest BCUT2D eigenvalue weighted by Gasteiger charge is 2.36. The van der Waals surface area contributed by atoms with E-state index < -0.39 is 30.8 Å². The summed E-state index contributed by atoms with van der Waals surface area (Å²) in [6.07, 6.45) is 10.2. The molecule has 152 valence electrons. The number of hydrogen-bond donors (Lipinski definition) is 2. The summed E-state index contributed by atoms with van der Waals surface area (Å²) >= 11 is 0. The Morgan fingerprint density at radius 3 is 1.85 bits per heavy atom. The molecular formula is C19H29O7P. The lowest BCUT2D eigenvalue weighted by atomic mass is 9.97. The van der Waals surface area contributed by atoms with Crippen LogP contribution in [0.25, 0.3) is 0 Å². The molecule has 2 aliphatic carbocycles. The Labute approximate surface area is 160 Å². The average molecular weight is 400 g/mol. The van der Waals surface area contributed by atoms with Crippen molar-refractivity contribution in [2.24, 2.45) is 0 Å². The van der Waals surface area contributed by atoms with Gasteiger partial charge >= 0.3 is 19.5 Å². The van der Waals surface area contributed by atoms with Crippen molar-refractivity contribution in [2.75, 3.05) is 0 Å². The van der Waals surface area contributed by atoms with Gasteiger partial charge in [0, 0.05) is 6.08 Å². The normalized spacial score (nSPS) is 21.3. The molecule has 0 aromatic carbocycles. The van der Waals surface area contributed by atoms with Crippen LogP contribution < -0.4 is 0 Å². The molecule has 2 fully saturated rings. The maximum atomic E-state index is 12.6. The minimum absolute atomic E-state index is 0.227. The third-order valence-electron chi connectivity index (χ3n) is 5.07. The largest absolute Gasteiger partial charge is 0.459 e. The molecule has 0 bridgehead atoms. The second-order valence-electron chi connectivity index (χ2n) is 7.23. The highest BCUT2D eigenvalue weighted by molar-refractivity contribution is 7.53. The minimum atomic E-state index is -4.73. The van der Waals surface area contributed by atoms with Crippen LogP contribution in [-0.2, 0) is 23.6 Å². The van der Waals surface area contributed by atoms with E-state index in [0.717, 1.165) is 63.5 Å². The van der Waals surface area contributed by atoms with Crippen LogP contribution >= 0.6 is 7.60 Å². The summed E-state index contributed by atoms with van der Waals surface area (Å²) in [5, 5.41) is 0. The smallest absolute Gasteiger partial charge is 0.336 e. The van der Waals surface area contributed by atoms with Crippen LogP contribution in [0.2, 0.25) is 0 Å². The summed E-state index contributed by atoms with van der Waals surface area (Å²) in [6.45, 7) is 3.41. The van der Waals surface area contributed by atoms with Crippen molar-refractivity contribution in [3.8, 4) is 0 Å². The Hall–Kier alpha value is -1.43. The first-order valence-electron chi connectivity index (χ1n) is 9.62. The Bertz CT molecular complexity index is 610.